The molecule has 1 aromatic carbocycles. The van der Waals surface area contributed by atoms with Crippen LogP contribution in [0.25, 0.3) is 0 Å². The summed E-state index contributed by atoms with van der Waals surface area (Å²) in [4.78, 5) is 8.65. The van der Waals surface area contributed by atoms with Gasteiger partial charge in [0.15, 0.2) is 0 Å². The second-order valence-electron chi connectivity index (χ2n) is 5.75. The number of anilines is 2. The minimum absolute atomic E-state index is 0.00570. The van der Waals surface area contributed by atoms with Gasteiger partial charge in [-0.1, -0.05) is 0 Å². The van der Waals surface area contributed by atoms with Gasteiger partial charge in [0.2, 0.25) is 0 Å². The zero-order valence-electron chi connectivity index (χ0n) is 13.3. The number of hydrogen-bond donors (Lipinski definition) is 1. The van der Waals surface area contributed by atoms with Crippen LogP contribution in [0.1, 0.15) is 0 Å². The van der Waals surface area contributed by atoms with E-state index in [0.717, 1.165) is 44.0 Å². The van der Waals surface area contributed by atoms with Crippen molar-refractivity contribution in [3.63, 3.8) is 0 Å². The first kappa shape index (κ1) is 16.7. The van der Waals surface area contributed by atoms with Gasteiger partial charge in [-0.25, -0.2) is 17.8 Å². The molecule has 1 fully saturated rings. The molecule has 0 unspecified atom stereocenters. The molecule has 1 aliphatic heterocycles. The number of halogens is 1. The van der Waals surface area contributed by atoms with Gasteiger partial charge in [-0.2, -0.15) is 0 Å². The fourth-order valence-electron chi connectivity index (χ4n) is 2.51. The molecule has 3 rings (SSSR count). The number of likely N-dealkylation sites (N-methyl/N-ethyl adjacent to an activating group) is 1. The van der Waals surface area contributed by atoms with Crippen molar-refractivity contribution in [2.75, 3.05) is 42.8 Å². The number of aromatic nitrogens is 1. The van der Waals surface area contributed by atoms with Gasteiger partial charge in [0.1, 0.15) is 11.6 Å². The topological polar surface area (TPSA) is 65.5 Å². The first-order valence-electron chi connectivity index (χ1n) is 7.62. The third-order valence-electron chi connectivity index (χ3n) is 3.98. The Hall–Kier alpha value is -2.19. The SMILES string of the molecule is CN1CCN(c2ccc(NS(=O)(=O)c3ccc(F)cc3)nc2)CC1. The van der Waals surface area contributed by atoms with Crippen LogP contribution in [-0.4, -0.2) is 51.5 Å². The van der Waals surface area contributed by atoms with E-state index >= 15 is 0 Å². The highest BCUT2D eigenvalue weighted by Gasteiger charge is 2.17. The fraction of sp³-hybridized carbons (Fsp3) is 0.312. The molecule has 1 saturated heterocycles. The summed E-state index contributed by atoms with van der Waals surface area (Å²) < 4.78 is 39.8. The molecule has 0 saturated carbocycles. The van der Waals surface area contributed by atoms with E-state index in [4.69, 9.17) is 0 Å². The van der Waals surface area contributed by atoms with Crippen LogP contribution in [0, 0.1) is 5.82 Å². The van der Waals surface area contributed by atoms with Crippen LogP contribution >= 0.6 is 0 Å². The quantitative estimate of drug-likeness (QED) is 0.910. The summed E-state index contributed by atoms with van der Waals surface area (Å²) in [5, 5.41) is 0. The van der Waals surface area contributed by atoms with Gasteiger partial charge in [0.25, 0.3) is 10.0 Å². The van der Waals surface area contributed by atoms with Gasteiger partial charge in [0.05, 0.1) is 16.8 Å². The molecule has 128 valence electrons. The van der Waals surface area contributed by atoms with E-state index in [1.165, 1.54) is 12.1 Å². The molecule has 1 N–H and O–H groups in total. The molecule has 6 nitrogen and oxygen atoms in total. The maximum absolute atomic E-state index is 12.9. The van der Waals surface area contributed by atoms with Crippen LogP contribution in [0.2, 0.25) is 0 Å². The van der Waals surface area contributed by atoms with Crippen LogP contribution in [0.4, 0.5) is 15.9 Å². The molecule has 0 amide bonds. The molecular formula is C16H19FN4O2S. The zero-order valence-corrected chi connectivity index (χ0v) is 14.1. The van der Waals surface area contributed by atoms with Crippen LogP contribution in [0.3, 0.4) is 0 Å². The average molecular weight is 350 g/mol. The number of piperazine rings is 1. The Morgan fingerprint density at radius 1 is 1.04 bits per heavy atom. The Morgan fingerprint density at radius 3 is 2.29 bits per heavy atom. The number of nitrogens with one attached hydrogen (secondary N) is 1. The number of sulfonamides is 1. The molecule has 0 spiro atoms. The predicted octanol–water partition coefficient (Wildman–Crippen LogP) is 1.77. The van der Waals surface area contributed by atoms with Crippen molar-refractivity contribution < 1.29 is 12.8 Å². The number of rotatable bonds is 4. The summed E-state index contributed by atoms with van der Waals surface area (Å²) in [6, 6.07) is 8.14. The van der Waals surface area contributed by atoms with Crippen LogP contribution < -0.4 is 9.62 Å². The number of nitrogens with zero attached hydrogens (tertiary/aromatic N) is 3. The van der Waals surface area contributed by atoms with Gasteiger partial charge in [0, 0.05) is 26.2 Å². The molecule has 0 atom stereocenters. The predicted molar refractivity (Wildman–Crippen MR) is 91.2 cm³/mol. The van der Waals surface area contributed by atoms with Crippen molar-refractivity contribution >= 4 is 21.5 Å². The Balaban J connectivity index is 1.70. The lowest BCUT2D eigenvalue weighted by molar-refractivity contribution is 0.313. The van der Waals surface area contributed by atoms with E-state index < -0.39 is 15.8 Å². The molecule has 8 heteroatoms. The third-order valence-corrected chi connectivity index (χ3v) is 5.35. The molecule has 1 aromatic heterocycles. The van der Waals surface area contributed by atoms with Crippen LogP contribution in [0.15, 0.2) is 47.5 Å². The van der Waals surface area contributed by atoms with Crippen molar-refractivity contribution in [1.82, 2.24) is 9.88 Å². The van der Waals surface area contributed by atoms with Crippen LogP contribution in [0.5, 0.6) is 0 Å². The Kier molecular flexibility index (Phi) is 4.68. The first-order chi connectivity index (χ1) is 11.4. The van der Waals surface area contributed by atoms with E-state index in [1.54, 1.807) is 12.3 Å². The molecule has 1 aliphatic rings. The average Bonchev–Trinajstić information content (AvgIpc) is 2.56. The molecule has 0 aliphatic carbocycles. The smallest absolute Gasteiger partial charge is 0.263 e. The van der Waals surface area contributed by atoms with Gasteiger partial charge in [-0.05, 0) is 43.4 Å². The van der Waals surface area contributed by atoms with Crippen LogP contribution in [-0.2, 0) is 10.0 Å². The largest absolute Gasteiger partial charge is 0.368 e. The standard InChI is InChI=1S/C16H19FN4O2S/c1-20-8-10-21(11-9-20)14-4-7-16(18-12-14)19-24(22,23)15-5-2-13(17)3-6-15/h2-7,12H,8-11H2,1H3,(H,18,19). The Morgan fingerprint density at radius 2 is 1.71 bits per heavy atom. The summed E-state index contributed by atoms with van der Waals surface area (Å²) in [5.41, 5.74) is 0.966. The van der Waals surface area contributed by atoms with E-state index in [2.05, 4.69) is 26.6 Å². The Bertz CT molecular complexity index is 786. The normalized spacial score (nSPS) is 16.2. The zero-order chi connectivity index (χ0) is 17.2. The maximum atomic E-state index is 12.9. The van der Waals surface area contributed by atoms with Crippen molar-refractivity contribution in [3.8, 4) is 0 Å². The molecule has 2 heterocycles. The number of hydrogen-bond acceptors (Lipinski definition) is 5. The fourth-order valence-corrected chi connectivity index (χ4v) is 3.52. The molecule has 24 heavy (non-hydrogen) atoms. The van der Waals surface area contributed by atoms with Crippen molar-refractivity contribution in [3.05, 3.63) is 48.4 Å². The third kappa shape index (κ3) is 3.82. The molecule has 0 bridgehead atoms. The molecule has 2 aromatic rings. The van der Waals surface area contributed by atoms with E-state index in [-0.39, 0.29) is 10.7 Å². The van der Waals surface area contributed by atoms with Crippen molar-refractivity contribution in [2.45, 2.75) is 4.90 Å². The van der Waals surface area contributed by atoms with Crippen molar-refractivity contribution in [2.24, 2.45) is 0 Å². The Labute approximate surface area is 141 Å². The van der Waals surface area contributed by atoms with Crippen molar-refractivity contribution in [1.29, 1.82) is 0 Å². The maximum Gasteiger partial charge on any atom is 0.263 e. The second-order valence-corrected chi connectivity index (χ2v) is 7.43. The summed E-state index contributed by atoms with van der Waals surface area (Å²) in [7, 11) is -1.69. The highest BCUT2D eigenvalue weighted by Crippen LogP contribution is 2.19. The minimum atomic E-state index is -3.77. The second kappa shape index (κ2) is 6.74. The molecular weight excluding hydrogens is 331 g/mol. The lowest BCUT2D eigenvalue weighted by atomic mass is 10.3. The van der Waals surface area contributed by atoms with E-state index in [0.29, 0.717) is 0 Å². The lowest BCUT2D eigenvalue weighted by Crippen LogP contribution is -2.44. The van der Waals surface area contributed by atoms with E-state index in [9.17, 15) is 12.8 Å². The van der Waals surface area contributed by atoms with Gasteiger partial charge in [-0.15, -0.1) is 0 Å². The number of pyridine rings is 1. The summed E-state index contributed by atoms with van der Waals surface area (Å²) in [6.07, 6.45) is 1.66. The van der Waals surface area contributed by atoms with Gasteiger partial charge < -0.3 is 9.80 Å². The van der Waals surface area contributed by atoms with E-state index in [1.807, 2.05) is 6.07 Å². The monoisotopic (exact) mass is 350 g/mol. The minimum Gasteiger partial charge on any atom is -0.368 e. The summed E-state index contributed by atoms with van der Waals surface area (Å²) in [5.74, 6) is -0.249. The summed E-state index contributed by atoms with van der Waals surface area (Å²) in [6.45, 7) is 3.80. The van der Waals surface area contributed by atoms with Gasteiger partial charge in [-0.3, -0.25) is 4.72 Å². The van der Waals surface area contributed by atoms with Gasteiger partial charge >= 0.3 is 0 Å². The first-order valence-corrected chi connectivity index (χ1v) is 9.10. The highest BCUT2D eigenvalue weighted by molar-refractivity contribution is 7.92. The highest BCUT2D eigenvalue weighted by atomic mass is 32.2. The summed E-state index contributed by atoms with van der Waals surface area (Å²) >= 11 is 0. The lowest BCUT2D eigenvalue weighted by Gasteiger charge is -2.33. The molecule has 0 radical (unpaired) electrons. The number of benzene rings is 1.